The van der Waals surface area contributed by atoms with Crippen molar-refractivity contribution in [1.29, 1.82) is 0 Å². The van der Waals surface area contributed by atoms with Crippen LogP contribution in [-0.2, 0) is 0 Å². The lowest BCUT2D eigenvalue weighted by Gasteiger charge is -2.50. The van der Waals surface area contributed by atoms with Crippen LogP contribution < -0.4 is 4.90 Å². The number of aromatic nitrogens is 2. The van der Waals surface area contributed by atoms with E-state index in [2.05, 4.69) is 14.9 Å². The van der Waals surface area contributed by atoms with E-state index >= 15 is 0 Å². The fraction of sp³-hybridized carbons (Fsp3) is 0.353. The molecule has 1 amide bonds. The van der Waals surface area contributed by atoms with Crippen LogP contribution in [0.2, 0.25) is 0 Å². The summed E-state index contributed by atoms with van der Waals surface area (Å²) in [5, 5.41) is 0. The van der Waals surface area contributed by atoms with Crippen molar-refractivity contribution in [1.82, 2.24) is 14.9 Å². The Morgan fingerprint density at radius 3 is 2.41 bits per heavy atom. The van der Waals surface area contributed by atoms with Gasteiger partial charge in [-0.2, -0.15) is 0 Å². The first kappa shape index (κ1) is 13.2. The first-order valence-electron chi connectivity index (χ1n) is 7.68. The smallest absolute Gasteiger partial charge is 0.253 e. The van der Waals surface area contributed by atoms with E-state index in [-0.39, 0.29) is 11.4 Å². The molecule has 5 heteroatoms. The summed E-state index contributed by atoms with van der Waals surface area (Å²) in [4.78, 5) is 25.5. The molecule has 112 valence electrons. The molecule has 4 rings (SSSR count). The van der Waals surface area contributed by atoms with Gasteiger partial charge in [-0.25, -0.2) is 9.97 Å². The second-order valence-corrected chi connectivity index (χ2v) is 6.02. The molecule has 2 saturated heterocycles. The van der Waals surface area contributed by atoms with Crippen molar-refractivity contribution < 1.29 is 4.79 Å². The van der Waals surface area contributed by atoms with Crippen molar-refractivity contribution in [2.45, 2.75) is 18.4 Å². The predicted octanol–water partition coefficient (Wildman–Crippen LogP) is 1.97. The van der Waals surface area contributed by atoms with Crippen LogP contribution in [0.15, 0.2) is 48.8 Å². The molecule has 2 aliphatic rings. The van der Waals surface area contributed by atoms with Crippen LogP contribution in [0.1, 0.15) is 23.2 Å². The van der Waals surface area contributed by atoms with Crippen LogP contribution in [0.25, 0.3) is 0 Å². The highest BCUT2D eigenvalue weighted by atomic mass is 16.2. The number of carbonyl (C=O) groups is 1. The number of likely N-dealkylation sites (tertiary alicyclic amines) is 1. The van der Waals surface area contributed by atoms with Crippen LogP contribution >= 0.6 is 0 Å². The topological polar surface area (TPSA) is 49.3 Å². The number of nitrogens with zero attached hydrogens (tertiary/aromatic N) is 4. The van der Waals surface area contributed by atoms with Gasteiger partial charge in [-0.3, -0.25) is 4.79 Å². The summed E-state index contributed by atoms with van der Waals surface area (Å²) >= 11 is 0. The second kappa shape index (κ2) is 5.09. The molecule has 0 unspecified atom stereocenters. The Labute approximate surface area is 129 Å². The van der Waals surface area contributed by atoms with Crippen LogP contribution in [0.5, 0.6) is 0 Å². The van der Waals surface area contributed by atoms with E-state index in [0.717, 1.165) is 44.0 Å². The molecule has 1 aromatic carbocycles. The lowest BCUT2D eigenvalue weighted by atomic mass is 9.84. The minimum atomic E-state index is 0.0335. The van der Waals surface area contributed by atoms with Crippen molar-refractivity contribution in [3.8, 4) is 0 Å². The number of benzene rings is 1. The Morgan fingerprint density at radius 1 is 1.00 bits per heavy atom. The third kappa shape index (κ3) is 2.04. The minimum Gasteiger partial charge on any atom is -0.336 e. The first-order valence-corrected chi connectivity index (χ1v) is 7.68. The van der Waals surface area contributed by atoms with Crippen LogP contribution in [0.3, 0.4) is 0 Å². The van der Waals surface area contributed by atoms with E-state index < -0.39 is 0 Å². The molecule has 2 aliphatic heterocycles. The SMILES string of the molecule is O=C(c1ccccc1)N1CC[C@]2(CCN2c2ncccn2)C1. The molecule has 2 aromatic rings. The largest absolute Gasteiger partial charge is 0.336 e. The van der Waals surface area contributed by atoms with E-state index in [4.69, 9.17) is 0 Å². The number of hydrogen-bond acceptors (Lipinski definition) is 4. The Kier molecular flexibility index (Phi) is 3.06. The summed E-state index contributed by atoms with van der Waals surface area (Å²) < 4.78 is 0. The molecule has 0 aliphatic carbocycles. The molecular formula is C17H18N4O. The molecule has 0 saturated carbocycles. The summed E-state index contributed by atoms with van der Waals surface area (Å²) in [7, 11) is 0. The maximum absolute atomic E-state index is 12.6. The lowest BCUT2D eigenvalue weighted by molar-refractivity contribution is 0.0775. The van der Waals surface area contributed by atoms with Crippen molar-refractivity contribution in [3.63, 3.8) is 0 Å². The van der Waals surface area contributed by atoms with Gasteiger partial charge in [-0.15, -0.1) is 0 Å². The third-order valence-electron chi connectivity index (χ3n) is 4.81. The zero-order valence-electron chi connectivity index (χ0n) is 12.4. The summed E-state index contributed by atoms with van der Waals surface area (Å²) in [6.07, 6.45) is 5.64. The molecule has 0 bridgehead atoms. The predicted molar refractivity (Wildman–Crippen MR) is 83.7 cm³/mol. The summed E-state index contributed by atoms with van der Waals surface area (Å²) in [5.41, 5.74) is 0.799. The normalized spacial score (nSPS) is 23.6. The molecule has 1 spiro atoms. The second-order valence-electron chi connectivity index (χ2n) is 6.02. The highest BCUT2D eigenvalue weighted by molar-refractivity contribution is 5.94. The number of hydrogen-bond donors (Lipinski definition) is 0. The maximum Gasteiger partial charge on any atom is 0.253 e. The molecule has 1 atom stereocenters. The number of amides is 1. The van der Waals surface area contributed by atoms with Gasteiger partial charge in [0.1, 0.15) is 0 Å². The van der Waals surface area contributed by atoms with E-state index in [9.17, 15) is 4.79 Å². The molecule has 22 heavy (non-hydrogen) atoms. The summed E-state index contributed by atoms with van der Waals surface area (Å²) in [5.74, 6) is 0.904. The van der Waals surface area contributed by atoms with E-state index in [0.29, 0.717) is 0 Å². The quantitative estimate of drug-likeness (QED) is 0.849. The van der Waals surface area contributed by atoms with Crippen LogP contribution in [0.4, 0.5) is 5.95 Å². The van der Waals surface area contributed by atoms with E-state index in [1.54, 1.807) is 12.4 Å². The van der Waals surface area contributed by atoms with Crippen molar-refractivity contribution in [2.75, 3.05) is 24.5 Å². The average Bonchev–Trinajstić information content (AvgIpc) is 3.03. The first-order chi connectivity index (χ1) is 10.8. The van der Waals surface area contributed by atoms with E-state index in [1.807, 2.05) is 41.3 Å². The fourth-order valence-corrected chi connectivity index (χ4v) is 3.50. The monoisotopic (exact) mass is 294 g/mol. The van der Waals surface area contributed by atoms with Gasteiger partial charge in [-0.1, -0.05) is 18.2 Å². The number of anilines is 1. The van der Waals surface area contributed by atoms with Crippen LogP contribution in [0, 0.1) is 0 Å². The Morgan fingerprint density at radius 2 is 1.73 bits per heavy atom. The molecular weight excluding hydrogens is 276 g/mol. The Bertz CT molecular complexity index is 676. The van der Waals surface area contributed by atoms with Gasteiger partial charge in [0.05, 0.1) is 5.54 Å². The number of rotatable bonds is 2. The third-order valence-corrected chi connectivity index (χ3v) is 4.81. The molecule has 5 nitrogen and oxygen atoms in total. The Hall–Kier alpha value is -2.43. The van der Waals surface area contributed by atoms with Crippen molar-refractivity contribution >= 4 is 11.9 Å². The molecule has 0 radical (unpaired) electrons. The highest BCUT2D eigenvalue weighted by Crippen LogP contribution is 2.41. The summed E-state index contributed by atoms with van der Waals surface area (Å²) in [6.45, 7) is 2.54. The van der Waals surface area contributed by atoms with Gasteiger partial charge in [0, 0.05) is 37.6 Å². The summed E-state index contributed by atoms with van der Waals surface area (Å²) in [6, 6.07) is 11.3. The standard InChI is InChI=1S/C17H18N4O/c22-15(14-5-2-1-3-6-14)20-11-7-17(13-20)8-12-21(17)16-18-9-4-10-19-16/h1-6,9-10H,7-8,11-13H2/t17-/m0/s1. The molecule has 3 heterocycles. The van der Waals surface area contributed by atoms with Gasteiger partial charge in [0.15, 0.2) is 0 Å². The average molecular weight is 294 g/mol. The molecule has 0 N–H and O–H groups in total. The fourth-order valence-electron chi connectivity index (χ4n) is 3.50. The zero-order chi connectivity index (χ0) is 15.0. The highest BCUT2D eigenvalue weighted by Gasteiger charge is 2.51. The van der Waals surface area contributed by atoms with E-state index in [1.165, 1.54) is 0 Å². The van der Waals surface area contributed by atoms with Gasteiger partial charge in [0.2, 0.25) is 5.95 Å². The number of carbonyl (C=O) groups excluding carboxylic acids is 1. The molecule has 2 fully saturated rings. The van der Waals surface area contributed by atoms with Crippen molar-refractivity contribution in [3.05, 3.63) is 54.4 Å². The maximum atomic E-state index is 12.6. The van der Waals surface area contributed by atoms with Crippen molar-refractivity contribution in [2.24, 2.45) is 0 Å². The lowest BCUT2D eigenvalue weighted by Crippen LogP contribution is -2.62. The molecule has 1 aromatic heterocycles. The van der Waals surface area contributed by atoms with Crippen LogP contribution in [-0.4, -0.2) is 45.9 Å². The van der Waals surface area contributed by atoms with Gasteiger partial charge < -0.3 is 9.80 Å². The van der Waals surface area contributed by atoms with Gasteiger partial charge in [-0.05, 0) is 31.0 Å². The van der Waals surface area contributed by atoms with Gasteiger partial charge >= 0.3 is 0 Å². The minimum absolute atomic E-state index is 0.0335. The van der Waals surface area contributed by atoms with Gasteiger partial charge in [0.25, 0.3) is 5.91 Å². The zero-order valence-corrected chi connectivity index (χ0v) is 12.4. The Balaban J connectivity index is 1.52.